The lowest BCUT2D eigenvalue weighted by atomic mass is 10.1. The van der Waals surface area contributed by atoms with Gasteiger partial charge in [-0.3, -0.25) is 10.1 Å². The van der Waals surface area contributed by atoms with Crippen molar-refractivity contribution in [1.29, 1.82) is 0 Å². The second-order valence-corrected chi connectivity index (χ2v) is 3.74. The summed E-state index contributed by atoms with van der Waals surface area (Å²) in [7, 11) is 0. The zero-order valence-electron chi connectivity index (χ0n) is 10.1. The summed E-state index contributed by atoms with van der Waals surface area (Å²) >= 11 is 0. The van der Waals surface area contributed by atoms with Crippen LogP contribution in [-0.2, 0) is 6.42 Å². The minimum absolute atomic E-state index is 0.211. The molecule has 4 heteroatoms. The molecule has 92 valence electrons. The third kappa shape index (κ3) is 4.78. The van der Waals surface area contributed by atoms with E-state index in [1.165, 1.54) is 0 Å². The second-order valence-electron chi connectivity index (χ2n) is 3.74. The van der Waals surface area contributed by atoms with E-state index in [1.807, 2.05) is 25.1 Å². The summed E-state index contributed by atoms with van der Waals surface area (Å²) in [5, 5.41) is 14.0. The highest BCUT2D eigenvalue weighted by atomic mass is 16.6. The van der Waals surface area contributed by atoms with Crippen molar-refractivity contribution in [3.05, 3.63) is 52.1 Å². The van der Waals surface area contributed by atoms with Crippen LogP contribution >= 0.6 is 0 Å². The maximum absolute atomic E-state index is 10.8. The van der Waals surface area contributed by atoms with Gasteiger partial charge in [0.1, 0.15) is 0 Å². The predicted molar refractivity (Wildman–Crippen MR) is 69.1 cm³/mol. The lowest BCUT2D eigenvalue weighted by molar-refractivity contribution is -0.385. The van der Waals surface area contributed by atoms with E-state index in [0.29, 0.717) is 6.42 Å². The summed E-state index contributed by atoms with van der Waals surface area (Å²) in [5.74, 6) is 0. The van der Waals surface area contributed by atoms with Crippen LogP contribution in [0.25, 0.3) is 0 Å². The maximum Gasteiger partial charge on any atom is 0.272 e. The van der Waals surface area contributed by atoms with E-state index in [9.17, 15) is 10.1 Å². The molecular weight excluding hydrogens is 216 g/mol. The molecule has 0 aromatic heterocycles. The molecule has 0 amide bonds. The van der Waals surface area contributed by atoms with Gasteiger partial charge in [0.25, 0.3) is 5.69 Å². The molecule has 0 saturated carbocycles. The molecule has 0 atom stereocenters. The van der Waals surface area contributed by atoms with E-state index < -0.39 is 0 Å². The number of para-hydroxylation sites is 1. The number of hydrogen-bond acceptors (Lipinski definition) is 3. The van der Waals surface area contributed by atoms with Crippen molar-refractivity contribution in [2.45, 2.75) is 19.8 Å². The molecule has 1 N–H and O–H groups in total. The van der Waals surface area contributed by atoms with Gasteiger partial charge in [-0.25, -0.2) is 0 Å². The van der Waals surface area contributed by atoms with Crippen LogP contribution in [0.2, 0.25) is 0 Å². The lowest BCUT2D eigenvalue weighted by Crippen LogP contribution is -2.18. The molecule has 0 saturated heterocycles. The van der Waals surface area contributed by atoms with Crippen LogP contribution < -0.4 is 5.32 Å². The number of nitrogens with one attached hydrogen (secondary N) is 1. The molecule has 0 aliphatic rings. The van der Waals surface area contributed by atoms with E-state index in [2.05, 4.69) is 11.4 Å². The van der Waals surface area contributed by atoms with Crippen LogP contribution in [0.4, 0.5) is 5.69 Å². The summed E-state index contributed by atoms with van der Waals surface area (Å²) in [6.07, 6.45) is 5.79. The molecule has 0 radical (unpaired) electrons. The summed E-state index contributed by atoms with van der Waals surface area (Å²) < 4.78 is 0. The number of allylic oxidation sites excluding steroid dienone is 1. The minimum atomic E-state index is -0.324. The SMILES string of the molecule is C/C=C/CCNCCc1ccccc1[N+](=O)[O-]. The van der Waals surface area contributed by atoms with Gasteiger partial charge < -0.3 is 5.32 Å². The molecule has 0 bridgehead atoms. The first-order valence-corrected chi connectivity index (χ1v) is 5.80. The number of nitrogens with zero attached hydrogens (tertiary/aromatic N) is 1. The van der Waals surface area contributed by atoms with Crippen LogP contribution in [0.1, 0.15) is 18.9 Å². The highest BCUT2D eigenvalue weighted by molar-refractivity contribution is 5.39. The van der Waals surface area contributed by atoms with Gasteiger partial charge >= 0.3 is 0 Å². The lowest BCUT2D eigenvalue weighted by Gasteiger charge is -2.04. The third-order valence-corrected chi connectivity index (χ3v) is 2.48. The molecule has 1 rings (SSSR count). The third-order valence-electron chi connectivity index (χ3n) is 2.48. The number of hydrogen-bond donors (Lipinski definition) is 1. The van der Waals surface area contributed by atoms with Crippen LogP contribution in [0.3, 0.4) is 0 Å². The van der Waals surface area contributed by atoms with Crippen molar-refractivity contribution in [3.63, 3.8) is 0 Å². The topological polar surface area (TPSA) is 55.2 Å². The summed E-state index contributed by atoms with van der Waals surface area (Å²) in [6.45, 7) is 3.67. The monoisotopic (exact) mass is 234 g/mol. The molecule has 0 heterocycles. The Balaban J connectivity index is 2.38. The molecule has 0 aliphatic heterocycles. The molecule has 1 aromatic rings. The number of nitro benzene ring substituents is 1. The molecule has 0 spiro atoms. The van der Waals surface area contributed by atoms with Gasteiger partial charge in [0.05, 0.1) is 4.92 Å². The Kier molecular flexibility index (Phi) is 5.96. The van der Waals surface area contributed by atoms with Gasteiger partial charge in [0, 0.05) is 11.6 Å². The summed E-state index contributed by atoms with van der Waals surface area (Å²) in [5.41, 5.74) is 0.999. The second kappa shape index (κ2) is 7.57. The van der Waals surface area contributed by atoms with Gasteiger partial charge in [0.2, 0.25) is 0 Å². The van der Waals surface area contributed by atoms with Gasteiger partial charge in [-0.2, -0.15) is 0 Å². The normalized spacial score (nSPS) is 10.9. The first-order chi connectivity index (χ1) is 8.25. The fraction of sp³-hybridized carbons (Fsp3) is 0.385. The Hall–Kier alpha value is -1.68. The smallest absolute Gasteiger partial charge is 0.272 e. The quantitative estimate of drug-likeness (QED) is 0.341. The minimum Gasteiger partial charge on any atom is -0.316 e. The van der Waals surface area contributed by atoms with E-state index in [4.69, 9.17) is 0 Å². The maximum atomic E-state index is 10.8. The van der Waals surface area contributed by atoms with Crippen molar-refractivity contribution in [2.75, 3.05) is 13.1 Å². The number of nitro groups is 1. The molecule has 17 heavy (non-hydrogen) atoms. The van der Waals surface area contributed by atoms with Crippen LogP contribution in [0.15, 0.2) is 36.4 Å². The van der Waals surface area contributed by atoms with Gasteiger partial charge in [-0.1, -0.05) is 30.4 Å². The Morgan fingerprint density at radius 1 is 1.35 bits per heavy atom. The highest BCUT2D eigenvalue weighted by Gasteiger charge is 2.10. The Morgan fingerprint density at radius 3 is 2.82 bits per heavy atom. The molecule has 0 fully saturated rings. The summed E-state index contributed by atoms with van der Waals surface area (Å²) in [4.78, 5) is 10.4. The van der Waals surface area contributed by atoms with Crippen LogP contribution in [0.5, 0.6) is 0 Å². The first-order valence-electron chi connectivity index (χ1n) is 5.80. The highest BCUT2D eigenvalue weighted by Crippen LogP contribution is 2.17. The molecule has 0 unspecified atom stereocenters. The Morgan fingerprint density at radius 2 is 2.12 bits per heavy atom. The van der Waals surface area contributed by atoms with Crippen LogP contribution in [0, 0.1) is 10.1 Å². The van der Waals surface area contributed by atoms with Crippen molar-refractivity contribution in [2.24, 2.45) is 0 Å². The number of benzene rings is 1. The average Bonchev–Trinajstić information content (AvgIpc) is 2.34. The van der Waals surface area contributed by atoms with E-state index in [-0.39, 0.29) is 10.6 Å². The van der Waals surface area contributed by atoms with Crippen molar-refractivity contribution < 1.29 is 4.92 Å². The number of rotatable bonds is 7. The van der Waals surface area contributed by atoms with Gasteiger partial charge in [-0.05, 0) is 32.9 Å². The average molecular weight is 234 g/mol. The van der Waals surface area contributed by atoms with Gasteiger partial charge in [0.15, 0.2) is 0 Å². The Labute approximate surface area is 101 Å². The van der Waals surface area contributed by atoms with Crippen LogP contribution in [-0.4, -0.2) is 18.0 Å². The van der Waals surface area contributed by atoms with Crippen molar-refractivity contribution in [3.8, 4) is 0 Å². The zero-order valence-corrected chi connectivity index (χ0v) is 10.1. The largest absolute Gasteiger partial charge is 0.316 e. The zero-order chi connectivity index (χ0) is 12.5. The van der Waals surface area contributed by atoms with Crippen molar-refractivity contribution >= 4 is 5.69 Å². The van der Waals surface area contributed by atoms with E-state index in [1.54, 1.807) is 12.1 Å². The molecular formula is C13H18N2O2. The predicted octanol–water partition coefficient (Wildman–Crippen LogP) is 2.69. The molecule has 4 nitrogen and oxygen atoms in total. The summed E-state index contributed by atoms with van der Waals surface area (Å²) in [6, 6.07) is 6.89. The van der Waals surface area contributed by atoms with E-state index in [0.717, 1.165) is 25.1 Å². The fourth-order valence-corrected chi connectivity index (χ4v) is 1.60. The Bertz CT molecular complexity index is 389. The molecule has 0 aliphatic carbocycles. The first kappa shape index (κ1) is 13.4. The molecule has 1 aromatic carbocycles. The van der Waals surface area contributed by atoms with Crippen molar-refractivity contribution in [1.82, 2.24) is 5.32 Å². The van der Waals surface area contributed by atoms with E-state index >= 15 is 0 Å². The van der Waals surface area contributed by atoms with Gasteiger partial charge in [-0.15, -0.1) is 0 Å². The standard InChI is InChI=1S/C13H18N2O2/c1-2-3-6-10-14-11-9-12-7-4-5-8-13(12)15(16)17/h2-5,7-8,14H,6,9-11H2,1H3/b3-2+. The fourth-order valence-electron chi connectivity index (χ4n) is 1.60.